The monoisotopic (exact) mass is 284 g/mol. The molecule has 0 unspecified atom stereocenters. The van der Waals surface area contributed by atoms with Crippen molar-refractivity contribution >= 4 is 35.0 Å². The molecular formula is C12H10Cl2N2S. The van der Waals surface area contributed by atoms with Crippen molar-refractivity contribution in [1.29, 1.82) is 0 Å². The number of rotatable bonds is 2. The second-order valence-corrected chi connectivity index (χ2v) is 5.32. The van der Waals surface area contributed by atoms with Gasteiger partial charge in [-0.25, -0.2) is 9.97 Å². The predicted molar refractivity (Wildman–Crippen MR) is 72.1 cm³/mol. The summed E-state index contributed by atoms with van der Waals surface area (Å²) in [4.78, 5) is 9.45. The van der Waals surface area contributed by atoms with Gasteiger partial charge in [0.15, 0.2) is 0 Å². The summed E-state index contributed by atoms with van der Waals surface area (Å²) in [5.74, 6) is 0.662. The first-order valence-corrected chi connectivity index (χ1v) is 6.58. The Morgan fingerprint density at radius 3 is 2.47 bits per heavy atom. The molecule has 5 heteroatoms. The van der Waals surface area contributed by atoms with Crippen LogP contribution < -0.4 is 0 Å². The van der Waals surface area contributed by atoms with Crippen LogP contribution in [0.15, 0.2) is 34.2 Å². The van der Waals surface area contributed by atoms with E-state index in [9.17, 15) is 0 Å². The van der Waals surface area contributed by atoms with Gasteiger partial charge in [-0.15, -0.1) is 0 Å². The average Bonchev–Trinajstić information content (AvgIpc) is 2.28. The number of nitrogens with zero attached hydrogens (tertiary/aromatic N) is 2. The van der Waals surface area contributed by atoms with Crippen molar-refractivity contribution in [3.8, 4) is 0 Å². The SMILES string of the molecule is Cc1nc(Cl)c(C)c(Sc2ccccc2Cl)n1. The third kappa shape index (κ3) is 2.92. The number of hydrogen-bond acceptors (Lipinski definition) is 3. The van der Waals surface area contributed by atoms with Crippen LogP contribution >= 0.6 is 35.0 Å². The fourth-order valence-corrected chi connectivity index (χ4v) is 2.77. The van der Waals surface area contributed by atoms with E-state index in [0.717, 1.165) is 15.5 Å². The highest BCUT2D eigenvalue weighted by molar-refractivity contribution is 7.99. The van der Waals surface area contributed by atoms with Crippen LogP contribution in [-0.4, -0.2) is 9.97 Å². The van der Waals surface area contributed by atoms with Crippen LogP contribution in [0.2, 0.25) is 10.2 Å². The van der Waals surface area contributed by atoms with Gasteiger partial charge in [0.05, 0.1) is 5.02 Å². The third-order valence-corrected chi connectivity index (χ3v) is 4.17. The van der Waals surface area contributed by atoms with Crippen molar-refractivity contribution in [2.75, 3.05) is 0 Å². The van der Waals surface area contributed by atoms with Crippen molar-refractivity contribution in [1.82, 2.24) is 9.97 Å². The van der Waals surface area contributed by atoms with Gasteiger partial charge in [-0.2, -0.15) is 0 Å². The van der Waals surface area contributed by atoms with E-state index in [-0.39, 0.29) is 0 Å². The van der Waals surface area contributed by atoms with Crippen LogP contribution in [-0.2, 0) is 0 Å². The molecule has 0 amide bonds. The smallest absolute Gasteiger partial charge is 0.136 e. The first-order chi connectivity index (χ1) is 8.08. The molecule has 0 radical (unpaired) electrons. The summed E-state index contributed by atoms with van der Waals surface area (Å²) in [6.07, 6.45) is 0. The fourth-order valence-electron chi connectivity index (χ4n) is 1.30. The number of aromatic nitrogens is 2. The minimum absolute atomic E-state index is 0.493. The van der Waals surface area contributed by atoms with Crippen molar-refractivity contribution in [2.24, 2.45) is 0 Å². The Hall–Kier alpha value is -0.770. The normalized spacial score (nSPS) is 10.6. The van der Waals surface area contributed by atoms with Crippen LogP contribution in [0.3, 0.4) is 0 Å². The van der Waals surface area contributed by atoms with Gasteiger partial charge >= 0.3 is 0 Å². The lowest BCUT2D eigenvalue weighted by molar-refractivity contribution is 0.938. The van der Waals surface area contributed by atoms with Crippen LogP contribution in [0.5, 0.6) is 0 Å². The summed E-state index contributed by atoms with van der Waals surface area (Å²) in [5, 5.41) is 2.05. The molecule has 0 spiro atoms. The Morgan fingerprint density at radius 1 is 1.06 bits per heavy atom. The lowest BCUT2D eigenvalue weighted by atomic mass is 10.4. The maximum atomic E-state index is 6.11. The van der Waals surface area contributed by atoms with E-state index >= 15 is 0 Å². The zero-order chi connectivity index (χ0) is 12.4. The quantitative estimate of drug-likeness (QED) is 0.757. The predicted octanol–water partition coefficient (Wildman–Crippen LogP) is 4.55. The Kier molecular flexibility index (Phi) is 3.92. The Balaban J connectivity index is 2.40. The standard InChI is InChI=1S/C12H10Cl2N2S/c1-7-11(14)15-8(2)16-12(7)17-10-6-4-3-5-9(10)13/h3-6H,1-2H3. The molecule has 17 heavy (non-hydrogen) atoms. The van der Waals surface area contributed by atoms with E-state index in [1.165, 1.54) is 11.8 Å². The largest absolute Gasteiger partial charge is 0.226 e. The highest BCUT2D eigenvalue weighted by atomic mass is 35.5. The molecule has 1 heterocycles. The van der Waals surface area contributed by atoms with Gasteiger partial charge in [0, 0.05) is 10.5 Å². The minimum Gasteiger partial charge on any atom is -0.226 e. The summed E-state index contributed by atoms with van der Waals surface area (Å²) in [5.41, 5.74) is 0.877. The Morgan fingerprint density at radius 2 is 1.76 bits per heavy atom. The highest BCUT2D eigenvalue weighted by Crippen LogP contribution is 2.34. The zero-order valence-corrected chi connectivity index (χ0v) is 11.7. The molecule has 0 fully saturated rings. The fraction of sp³-hybridized carbons (Fsp3) is 0.167. The molecule has 2 aromatic rings. The maximum absolute atomic E-state index is 6.11. The van der Waals surface area contributed by atoms with E-state index in [1.807, 2.05) is 38.1 Å². The van der Waals surface area contributed by atoms with Crippen molar-refractivity contribution in [3.05, 3.63) is 45.8 Å². The van der Waals surface area contributed by atoms with E-state index in [1.54, 1.807) is 0 Å². The summed E-state index contributed by atoms with van der Waals surface area (Å²) >= 11 is 13.6. The summed E-state index contributed by atoms with van der Waals surface area (Å²) < 4.78 is 0. The molecular weight excluding hydrogens is 275 g/mol. The first-order valence-electron chi connectivity index (χ1n) is 5.01. The minimum atomic E-state index is 0.493. The summed E-state index contributed by atoms with van der Waals surface area (Å²) in [7, 11) is 0. The van der Waals surface area contributed by atoms with E-state index in [4.69, 9.17) is 23.2 Å². The molecule has 0 saturated heterocycles. The van der Waals surface area contributed by atoms with E-state index in [2.05, 4.69) is 9.97 Å². The van der Waals surface area contributed by atoms with E-state index < -0.39 is 0 Å². The van der Waals surface area contributed by atoms with E-state index in [0.29, 0.717) is 16.0 Å². The van der Waals surface area contributed by atoms with Crippen molar-refractivity contribution in [3.63, 3.8) is 0 Å². The number of benzene rings is 1. The summed E-state index contributed by atoms with van der Waals surface area (Å²) in [6.45, 7) is 3.73. The van der Waals surface area contributed by atoms with Crippen LogP contribution in [0.4, 0.5) is 0 Å². The number of hydrogen-bond donors (Lipinski definition) is 0. The molecule has 0 saturated carbocycles. The van der Waals surface area contributed by atoms with Gasteiger partial charge in [0.1, 0.15) is 16.0 Å². The highest BCUT2D eigenvalue weighted by Gasteiger charge is 2.10. The van der Waals surface area contributed by atoms with Crippen LogP contribution in [0, 0.1) is 13.8 Å². The number of halogens is 2. The third-order valence-electron chi connectivity index (χ3n) is 2.20. The zero-order valence-electron chi connectivity index (χ0n) is 9.37. The molecule has 1 aromatic carbocycles. The Labute approximate surface area is 114 Å². The molecule has 0 aliphatic rings. The van der Waals surface area contributed by atoms with Gasteiger partial charge < -0.3 is 0 Å². The second-order valence-electron chi connectivity index (χ2n) is 3.52. The number of aryl methyl sites for hydroxylation is 1. The van der Waals surface area contributed by atoms with Gasteiger partial charge in [-0.3, -0.25) is 0 Å². The molecule has 0 aliphatic carbocycles. The van der Waals surface area contributed by atoms with Crippen LogP contribution in [0.1, 0.15) is 11.4 Å². The molecule has 2 rings (SSSR count). The van der Waals surface area contributed by atoms with Crippen molar-refractivity contribution < 1.29 is 0 Å². The summed E-state index contributed by atoms with van der Waals surface area (Å²) in [6, 6.07) is 7.66. The second kappa shape index (κ2) is 5.25. The maximum Gasteiger partial charge on any atom is 0.136 e. The molecule has 2 nitrogen and oxygen atoms in total. The van der Waals surface area contributed by atoms with Gasteiger partial charge in [0.2, 0.25) is 0 Å². The molecule has 1 aromatic heterocycles. The average molecular weight is 285 g/mol. The lowest BCUT2D eigenvalue weighted by Crippen LogP contribution is -1.95. The van der Waals surface area contributed by atoms with Gasteiger partial charge in [0.25, 0.3) is 0 Å². The van der Waals surface area contributed by atoms with Gasteiger partial charge in [-0.05, 0) is 26.0 Å². The van der Waals surface area contributed by atoms with Crippen molar-refractivity contribution in [2.45, 2.75) is 23.8 Å². The van der Waals surface area contributed by atoms with Crippen LogP contribution in [0.25, 0.3) is 0 Å². The molecule has 0 atom stereocenters. The Bertz CT molecular complexity index is 558. The topological polar surface area (TPSA) is 25.8 Å². The molecule has 88 valence electrons. The molecule has 0 N–H and O–H groups in total. The lowest BCUT2D eigenvalue weighted by Gasteiger charge is -2.07. The molecule has 0 aliphatic heterocycles. The molecule has 0 bridgehead atoms. The van der Waals surface area contributed by atoms with Gasteiger partial charge in [-0.1, -0.05) is 47.1 Å². The first kappa shape index (κ1) is 12.7.